The van der Waals surface area contributed by atoms with E-state index in [4.69, 9.17) is 28.7 Å². The van der Waals surface area contributed by atoms with Gasteiger partial charge in [0.2, 0.25) is 65.0 Å². The van der Waals surface area contributed by atoms with Gasteiger partial charge in [-0.15, -0.1) is 0 Å². The number of aliphatic hydroxyl groups is 2. The van der Waals surface area contributed by atoms with Crippen molar-refractivity contribution in [2.24, 2.45) is 40.5 Å². The Kier molecular flexibility index (Phi) is 34.6. The van der Waals surface area contributed by atoms with E-state index in [1.165, 1.54) is 13.8 Å². The largest absolute Gasteiger partial charge is 0.391 e. The van der Waals surface area contributed by atoms with Crippen molar-refractivity contribution in [2.75, 3.05) is 39.3 Å². The van der Waals surface area contributed by atoms with Crippen LogP contribution in [0, 0.1) is 11.8 Å². The molecule has 0 aliphatic carbocycles. The van der Waals surface area contributed by atoms with Gasteiger partial charge in [0.1, 0.15) is 60.4 Å². The van der Waals surface area contributed by atoms with E-state index in [0.717, 1.165) is 19.3 Å². The Labute approximate surface area is 469 Å². The molecule has 1 fully saturated rings. The SMILES string of the molecule is CCCCCCC(=O)N[C@@H](CCN)C(=O)N[C@H](C(=O)N[C@@H](CCN)C(=O)N[C@H]1CCNC(=O)[C@H]([C@@H](C)O)NC(=O)[C@H](CCN)NC(=O)[C@H](CCN)NC(=O)[C@H](CC(C)C)NC(=O)[C@@H](CC(C)C)NC(=O)[C@H](CCN)NC1=O)[C@@H](C)O. The Hall–Kier alpha value is -6.11. The fourth-order valence-corrected chi connectivity index (χ4v) is 8.49. The molecule has 1 aliphatic heterocycles. The molecule has 1 saturated heterocycles. The van der Waals surface area contributed by atoms with Crippen LogP contribution in [-0.2, 0) is 52.7 Å². The van der Waals surface area contributed by atoms with Crippen LogP contribution in [0.15, 0.2) is 0 Å². The molecule has 0 spiro atoms. The summed E-state index contributed by atoms with van der Waals surface area (Å²) in [6.45, 7) is 10.5. The van der Waals surface area contributed by atoms with E-state index in [1.807, 2.05) is 6.92 Å². The highest BCUT2D eigenvalue weighted by Gasteiger charge is 2.37. The second-order valence-corrected chi connectivity index (χ2v) is 21.0. The first-order valence-electron chi connectivity index (χ1n) is 28.0. The third-order valence-corrected chi connectivity index (χ3v) is 12.9. The van der Waals surface area contributed by atoms with Crippen molar-refractivity contribution in [3.63, 3.8) is 0 Å². The Balaban J connectivity index is 3.85. The number of nitrogens with one attached hydrogen (secondary N) is 11. The standard InChI is InChI=1S/C51H96N16O13/c1-8-9-10-11-12-39(70)58-31(13-19-52)46(75)67-41(30(7)69)51(80)63-34(16-22-55)43(72)62-36-18-24-57-50(79)40(29(6)68)66-47(76)35(17-23-56)60-42(71)32(14-20-53)61-48(77)37(25-27(2)3)65-49(78)38(26-28(4)5)64-44(73)33(15-21-54)59-45(36)74/h27-38,40-41,68-69H,8-26,52-56H2,1-7H3,(H,57,79)(H,58,70)(H,59,74)(H,60,71)(H,61,77)(H,62,72)(H,63,80)(H,64,73)(H,65,78)(H,66,76)(H,67,75)/t29-,30-,31+,32+,33+,34+,35+,36+,37+,38-,40+,41+/m1/s1. The normalized spacial score (nSPS) is 23.3. The number of carbonyl (C=O) groups excluding carboxylic acids is 11. The fourth-order valence-electron chi connectivity index (χ4n) is 8.49. The molecular formula is C51H96N16O13. The number of unbranched alkanes of at least 4 members (excludes halogenated alkanes) is 3. The third kappa shape index (κ3) is 26.4. The Morgan fingerprint density at radius 2 is 0.963 bits per heavy atom. The molecule has 29 heteroatoms. The van der Waals surface area contributed by atoms with E-state index in [-0.39, 0.29) is 95.9 Å². The van der Waals surface area contributed by atoms with Crippen LogP contribution in [0.1, 0.15) is 132 Å². The summed E-state index contributed by atoms with van der Waals surface area (Å²) >= 11 is 0. The van der Waals surface area contributed by atoms with Gasteiger partial charge >= 0.3 is 0 Å². The summed E-state index contributed by atoms with van der Waals surface area (Å²) in [7, 11) is 0. The molecule has 0 aromatic rings. The summed E-state index contributed by atoms with van der Waals surface area (Å²) in [6, 6.07) is -14.5. The average Bonchev–Trinajstić information content (AvgIpc) is 3.38. The minimum absolute atomic E-state index is 0.0110. The topological polar surface area (TPSA) is 491 Å². The summed E-state index contributed by atoms with van der Waals surface area (Å²) in [5.74, 6) is -9.99. The maximum atomic E-state index is 14.4. The zero-order valence-electron chi connectivity index (χ0n) is 47.8. The van der Waals surface area contributed by atoms with Crippen LogP contribution in [0.5, 0.6) is 0 Å². The monoisotopic (exact) mass is 1140 g/mol. The molecule has 11 amide bonds. The first-order chi connectivity index (χ1) is 37.8. The van der Waals surface area contributed by atoms with Gasteiger partial charge in [-0.1, -0.05) is 53.9 Å². The van der Waals surface area contributed by atoms with Crippen molar-refractivity contribution < 1.29 is 63.0 Å². The molecule has 0 aromatic heterocycles. The predicted molar refractivity (Wildman–Crippen MR) is 296 cm³/mol. The Morgan fingerprint density at radius 1 is 0.525 bits per heavy atom. The molecule has 1 rings (SSSR count). The van der Waals surface area contributed by atoms with Gasteiger partial charge in [-0.2, -0.15) is 0 Å². The molecule has 0 unspecified atom stereocenters. The van der Waals surface area contributed by atoms with Gasteiger partial charge < -0.3 is 97.4 Å². The molecule has 80 heavy (non-hydrogen) atoms. The van der Waals surface area contributed by atoms with E-state index in [1.54, 1.807) is 27.7 Å². The summed E-state index contributed by atoms with van der Waals surface area (Å²) in [4.78, 5) is 152. The second kappa shape index (κ2) is 38.5. The molecular weight excluding hydrogens is 1040 g/mol. The average molecular weight is 1140 g/mol. The van der Waals surface area contributed by atoms with E-state index < -0.39 is 151 Å². The second-order valence-electron chi connectivity index (χ2n) is 21.0. The lowest BCUT2D eigenvalue weighted by Crippen LogP contribution is -2.62. The van der Waals surface area contributed by atoms with Crippen molar-refractivity contribution in [3.8, 4) is 0 Å². The van der Waals surface area contributed by atoms with Crippen molar-refractivity contribution in [3.05, 3.63) is 0 Å². The molecule has 1 aliphatic rings. The molecule has 23 N–H and O–H groups in total. The number of nitrogens with two attached hydrogens (primary N) is 5. The van der Waals surface area contributed by atoms with E-state index in [9.17, 15) is 63.0 Å². The molecule has 12 atom stereocenters. The van der Waals surface area contributed by atoms with E-state index in [2.05, 4.69) is 58.5 Å². The molecule has 0 bridgehead atoms. The van der Waals surface area contributed by atoms with Gasteiger partial charge in [-0.05, 0) is 116 Å². The van der Waals surface area contributed by atoms with Gasteiger partial charge in [-0.3, -0.25) is 52.7 Å². The highest BCUT2D eigenvalue weighted by molar-refractivity contribution is 5.99. The summed E-state index contributed by atoms with van der Waals surface area (Å²) in [5.41, 5.74) is 29.2. The Bertz CT molecular complexity index is 2010. The van der Waals surface area contributed by atoms with E-state index >= 15 is 0 Å². The predicted octanol–water partition coefficient (Wildman–Crippen LogP) is -6.08. The fraction of sp³-hybridized carbons (Fsp3) is 0.784. The lowest BCUT2D eigenvalue weighted by Gasteiger charge is -2.29. The smallest absolute Gasteiger partial charge is 0.245 e. The van der Waals surface area contributed by atoms with Crippen molar-refractivity contribution in [1.29, 1.82) is 0 Å². The third-order valence-electron chi connectivity index (χ3n) is 12.9. The molecule has 29 nitrogen and oxygen atoms in total. The van der Waals surface area contributed by atoms with E-state index in [0.29, 0.717) is 6.42 Å². The van der Waals surface area contributed by atoms with Crippen molar-refractivity contribution >= 4 is 65.0 Å². The van der Waals surface area contributed by atoms with Crippen LogP contribution >= 0.6 is 0 Å². The zero-order valence-corrected chi connectivity index (χ0v) is 47.8. The van der Waals surface area contributed by atoms with Crippen molar-refractivity contribution in [2.45, 2.75) is 205 Å². The minimum Gasteiger partial charge on any atom is -0.391 e. The van der Waals surface area contributed by atoms with Crippen LogP contribution in [0.25, 0.3) is 0 Å². The number of hydrogen-bond acceptors (Lipinski definition) is 18. The lowest BCUT2D eigenvalue weighted by molar-refractivity contribution is -0.137. The summed E-state index contributed by atoms with van der Waals surface area (Å²) in [6.07, 6.45) is -0.806. The highest BCUT2D eigenvalue weighted by Crippen LogP contribution is 2.12. The van der Waals surface area contributed by atoms with Crippen LogP contribution < -0.4 is 87.2 Å². The molecule has 0 aromatic carbocycles. The number of aliphatic hydroxyl groups excluding tert-OH is 2. The summed E-state index contributed by atoms with van der Waals surface area (Å²) < 4.78 is 0. The quantitative estimate of drug-likeness (QED) is 0.0324. The highest BCUT2D eigenvalue weighted by atomic mass is 16.3. The van der Waals surface area contributed by atoms with Crippen molar-refractivity contribution in [1.82, 2.24) is 58.5 Å². The van der Waals surface area contributed by atoms with Crippen LogP contribution in [0.3, 0.4) is 0 Å². The summed E-state index contributed by atoms with van der Waals surface area (Å²) in [5, 5.41) is 49.4. The maximum absolute atomic E-state index is 14.4. The number of carbonyl (C=O) groups is 11. The number of amides is 11. The van der Waals surface area contributed by atoms with Crippen LogP contribution in [0.2, 0.25) is 0 Å². The first-order valence-corrected chi connectivity index (χ1v) is 28.0. The van der Waals surface area contributed by atoms with Gasteiger partial charge in [0.05, 0.1) is 12.2 Å². The molecule has 458 valence electrons. The van der Waals surface area contributed by atoms with Gasteiger partial charge in [0.25, 0.3) is 0 Å². The lowest BCUT2D eigenvalue weighted by atomic mass is 9.99. The van der Waals surface area contributed by atoms with Crippen LogP contribution in [0.4, 0.5) is 0 Å². The first kappa shape index (κ1) is 71.9. The van der Waals surface area contributed by atoms with Gasteiger partial charge in [0, 0.05) is 13.0 Å². The van der Waals surface area contributed by atoms with Crippen LogP contribution in [-0.4, -0.2) is 187 Å². The zero-order chi connectivity index (χ0) is 60.6. The maximum Gasteiger partial charge on any atom is 0.245 e. The Morgan fingerprint density at radius 3 is 1.39 bits per heavy atom. The number of rotatable bonds is 28. The minimum atomic E-state index is -1.69. The van der Waals surface area contributed by atoms with Gasteiger partial charge in [-0.25, -0.2) is 0 Å². The molecule has 0 radical (unpaired) electrons. The number of hydrogen-bond donors (Lipinski definition) is 18. The molecule has 1 heterocycles. The van der Waals surface area contributed by atoms with Gasteiger partial charge in [0.15, 0.2) is 0 Å². The molecule has 0 saturated carbocycles.